The van der Waals surface area contributed by atoms with E-state index in [2.05, 4.69) is 57.2 Å². The third kappa shape index (κ3) is 66.4. The number of rotatable bonds is 67. The van der Waals surface area contributed by atoms with Crippen molar-refractivity contribution in [2.45, 2.75) is 406 Å². The zero-order valence-electron chi connectivity index (χ0n) is 54.1. The van der Waals surface area contributed by atoms with Gasteiger partial charge in [-0.1, -0.05) is 340 Å². The van der Waals surface area contributed by atoms with Gasteiger partial charge < -0.3 is 14.2 Å². The van der Waals surface area contributed by atoms with Gasteiger partial charge in [-0.15, -0.1) is 0 Å². The van der Waals surface area contributed by atoms with E-state index >= 15 is 0 Å². The minimum atomic E-state index is -0.770. The van der Waals surface area contributed by atoms with Gasteiger partial charge in [-0.3, -0.25) is 14.4 Å². The molecule has 0 bridgehead atoms. The number of esters is 3. The normalized spacial score (nSPS) is 12.2. The molecule has 0 radical (unpaired) electrons. The number of carbonyl (C=O) groups is 3. The molecule has 470 valence electrons. The van der Waals surface area contributed by atoms with Crippen LogP contribution in [0.3, 0.4) is 0 Å². The van der Waals surface area contributed by atoms with E-state index in [-0.39, 0.29) is 31.1 Å². The van der Waals surface area contributed by atoms with E-state index in [9.17, 15) is 14.4 Å². The van der Waals surface area contributed by atoms with E-state index in [0.29, 0.717) is 19.3 Å². The zero-order chi connectivity index (χ0) is 57.8. The molecule has 0 heterocycles. The van der Waals surface area contributed by atoms with Crippen LogP contribution in [0.25, 0.3) is 0 Å². The summed E-state index contributed by atoms with van der Waals surface area (Å²) in [6, 6.07) is 0. The monoisotopic (exact) mass is 1120 g/mol. The Labute approximate surface area is 499 Å². The molecule has 6 heteroatoms. The van der Waals surface area contributed by atoms with Gasteiger partial charge in [-0.25, -0.2) is 0 Å². The predicted molar refractivity (Wildman–Crippen MR) is 349 cm³/mol. The van der Waals surface area contributed by atoms with Gasteiger partial charge in [0, 0.05) is 19.3 Å². The van der Waals surface area contributed by atoms with Crippen LogP contribution in [0.5, 0.6) is 0 Å². The molecule has 0 rings (SSSR count). The molecule has 0 saturated carbocycles. The van der Waals surface area contributed by atoms with Crippen molar-refractivity contribution in [2.24, 2.45) is 0 Å². The van der Waals surface area contributed by atoms with Crippen molar-refractivity contribution in [1.82, 2.24) is 0 Å². The molecular weight excluding hydrogens is 985 g/mol. The van der Waals surface area contributed by atoms with E-state index in [0.717, 1.165) is 64.2 Å². The molecule has 0 fully saturated rings. The van der Waals surface area contributed by atoms with Gasteiger partial charge in [0.1, 0.15) is 13.2 Å². The van der Waals surface area contributed by atoms with Crippen LogP contribution in [-0.2, 0) is 28.6 Å². The number of ether oxygens (including phenoxy) is 3. The van der Waals surface area contributed by atoms with Crippen LogP contribution in [0.1, 0.15) is 400 Å². The number of hydrogen-bond acceptors (Lipinski definition) is 6. The summed E-state index contributed by atoms with van der Waals surface area (Å²) < 4.78 is 16.9. The van der Waals surface area contributed by atoms with E-state index in [1.54, 1.807) is 0 Å². The Morgan fingerprint density at radius 1 is 0.250 bits per heavy atom. The third-order valence-electron chi connectivity index (χ3n) is 16.4. The van der Waals surface area contributed by atoms with E-state index in [4.69, 9.17) is 14.2 Å². The van der Waals surface area contributed by atoms with Crippen molar-refractivity contribution in [3.63, 3.8) is 0 Å². The number of carbonyl (C=O) groups excluding carboxylic acids is 3. The molecule has 6 nitrogen and oxygen atoms in total. The second-order valence-corrected chi connectivity index (χ2v) is 24.5. The minimum Gasteiger partial charge on any atom is -0.462 e. The number of unbranched alkanes of at least 4 members (excludes halogenated alkanes) is 50. The highest BCUT2D eigenvalue weighted by atomic mass is 16.6. The molecule has 0 aliphatic carbocycles. The predicted octanol–water partition coefficient (Wildman–Crippen LogP) is 24.7. The van der Waals surface area contributed by atoms with Crippen molar-refractivity contribution in [2.75, 3.05) is 13.2 Å². The molecule has 1 unspecified atom stereocenters. The van der Waals surface area contributed by atoms with Gasteiger partial charge in [-0.05, 0) is 77.0 Å². The molecule has 80 heavy (non-hydrogen) atoms. The maximum Gasteiger partial charge on any atom is 0.306 e. The van der Waals surface area contributed by atoms with Gasteiger partial charge >= 0.3 is 17.9 Å². The summed E-state index contributed by atoms with van der Waals surface area (Å²) in [4.78, 5) is 38.2. The van der Waals surface area contributed by atoms with E-state index in [1.165, 1.54) is 295 Å². The highest BCUT2D eigenvalue weighted by Gasteiger charge is 2.19. The van der Waals surface area contributed by atoms with Crippen LogP contribution >= 0.6 is 0 Å². The largest absolute Gasteiger partial charge is 0.462 e. The molecule has 0 saturated heterocycles. The Bertz CT molecular complexity index is 1340. The van der Waals surface area contributed by atoms with Gasteiger partial charge in [0.2, 0.25) is 0 Å². The second-order valence-electron chi connectivity index (χ2n) is 24.5. The van der Waals surface area contributed by atoms with Crippen molar-refractivity contribution in [3.05, 3.63) is 36.5 Å². The third-order valence-corrected chi connectivity index (χ3v) is 16.4. The SMILES string of the molecule is CCCCCCC/C=C\C/C=C\CCCCCCCCCCCC(=O)OC(COC(=O)CCCCCCCCCC)COC(=O)CCCCCCCCCCCCCCCCCCCCCCC/C=C\CCCCCCCCCC. The molecule has 1 atom stereocenters. The Hall–Kier alpha value is -2.37. The lowest BCUT2D eigenvalue weighted by molar-refractivity contribution is -0.167. The molecule has 0 aromatic heterocycles. The Kier molecular flexibility index (Phi) is 67.1. The van der Waals surface area contributed by atoms with Crippen LogP contribution in [0, 0.1) is 0 Å². The fraction of sp³-hybridized carbons (Fsp3) is 0.878. The number of allylic oxidation sites excluding steroid dienone is 6. The lowest BCUT2D eigenvalue weighted by Gasteiger charge is -2.18. The Morgan fingerprint density at radius 2 is 0.450 bits per heavy atom. The van der Waals surface area contributed by atoms with Crippen molar-refractivity contribution in [1.29, 1.82) is 0 Å². The summed E-state index contributed by atoms with van der Waals surface area (Å²) in [6.07, 6.45) is 86.4. The highest BCUT2D eigenvalue weighted by Crippen LogP contribution is 2.18. The van der Waals surface area contributed by atoms with Gasteiger partial charge in [-0.2, -0.15) is 0 Å². The number of hydrogen-bond donors (Lipinski definition) is 0. The molecule has 0 amide bonds. The van der Waals surface area contributed by atoms with E-state index in [1.807, 2.05) is 0 Å². The van der Waals surface area contributed by atoms with Crippen LogP contribution in [0.2, 0.25) is 0 Å². The molecule has 0 N–H and O–H groups in total. The van der Waals surface area contributed by atoms with Crippen molar-refractivity contribution in [3.8, 4) is 0 Å². The maximum atomic E-state index is 12.9. The first-order valence-corrected chi connectivity index (χ1v) is 36.0. The van der Waals surface area contributed by atoms with E-state index < -0.39 is 6.10 Å². The Balaban J connectivity index is 4.01. The van der Waals surface area contributed by atoms with Crippen LogP contribution in [-0.4, -0.2) is 37.2 Å². The fourth-order valence-corrected chi connectivity index (χ4v) is 10.9. The van der Waals surface area contributed by atoms with Crippen molar-refractivity contribution < 1.29 is 28.6 Å². The average Bonchev–Trinajstić information content (AvgIpc) is 3.46. The van der Waals surface area contributed by atoms with Crippen LogP contribution in [0.15, 0.2) is 36.5 Å². The quantitative estimate of drug-likeness (QED) is 0.0261. The lowest BCUT2D eigenvalue weighted by Crippen LogP contribution is -2.30. The molecule has 0 aliphatic rings. The van der Waals surface area contributed by atoms with Gasteiger partial charge in [0.15, 0.2) is 6.10 Å². The smallest absolute Gasteiger partial charge is 0.306 e. The summed E-state index contributed by atoms with van der Waals surface area (Å²) >= 11 is 0. The molecular formula is C74H138O6. The summed E-state index contributed by atoms with van der Waals surface area (Å²) in [5.41, 5.74) is 0. The maximum absolute atomic E-state index is 12.9. The summed E-state index contributed by atoms with van der Waals surface area (Å²) in [6.45, 7) is 6.66. The Morgan fingerprint density at radius 3 is 0.700 bits per heavy atom. The first-order valence-electron chi connectivity index (χ1n) is 36.0. The standard InChI is InChI=1S/C74H138O6/c1-4-7-10-13-16-19-21-23-25-27-29-31-32-33-34-35-36-37-38-39-40-41-42-44-45-47-49-51-53-55-58-61-64-67-73(76)79-70-71(69-78-72(75)66-63-60-57-18-15-12-9-6-3)80-74(77)68-65-62-59-56-54-52-50-48-46-43-30-28-26-24-22-20-17-14-11-8-5-2/h22,24,27-30,71H,4-21,23,25-26,31-70H2,1-3H3/b24-22-,29-27-,30-28-. The highest BCUT2D eigenvalue weighted by molar-refractivity contribution is 5.71. The average molecular weight is 1120 g/mol. The minimum absolute atomic E-state index is 0.0686. The zero-order valence-corrected chi connectivity index (χ0v) is 54.1. The first kappa shape index (κ1) is 77.6. The lowest BCUT2D eigenvalue weighted by atomic mass is 10.0. The molecule has 0 spiro atoms. The molecule has 0 aromatic carbocycles. The summed E-state index contributed by atoms with van der Waals surface area (Å²) in [5.74, 6) is -0.852. The summed E-state index contributed by atoms with van der Waals surface area (Å²) in [5, 5.41) is 0. The van der Waals surface area contributed by atoms with Crippen LogP contribution in [0.4, 0.5) is 0 Å². The topological polar surface area (TPSA) is 78.9 Å². The fourth-order valence-electron chi connectivity index (χ4n) is 10.9. The van der Waals surface area contributed by atoms with Gasteiger partial charge in [0.05, 0.1) is 0 Å². The first-order chi connectivity index (χ1) is 39.5. The van der Waals surface area contributed by atoms with Gasteiger partial charge in [0.25, 0.3) is 0 Å². The molecule has 0 aliphatic heterocycles. The van der Waals surface area contributed by atoms with Crippen LogP contribution < -0.4 is 0 Å². The summed E-state index contributed by atoms with van der Waals surface area (Å²) in [7, 11) is 0. The molecule has 0 aromatic rings. The second kappa shape index (κ2) is 69.1. The van der Waals surface area contributed by atoms with Crippen molar-refractivity contribution >= 4 is 17.9 Å².